The minimum absolute atomic E-state index is 0.0210. The molecule has 2 unspecified atom stereocenters. The standard InChI is InChI=1S/C9H11NO4S/c1-15(12,13)14-9(11)6-3-2-4-8(9)5-7-10/h2-4,6,8,11H,5H2,1H3. The lowest BCUT2D eigenvalue weighted by Crippen LogP contribution is -2.40. The van der Waals surface area contributed by atoms with Crippen molar-refractivity contribution in [3.63, 3.8) is 0 Å². The number of rotatable bonds is 3. The SMILES string of the molecule is CS(=O)(=O)OC1(O)C=CC=CC1CC#N. The maximum atomic E-state index is 10.9. The van der Waals surface area contributed by atoms with Crippen LogP contribution < -0.4 is 0 Å². The summed E-state index contributed by atoms with van der Waals surface area (Å²) in [6.07, 6.45) is 6.68. The van der Waals surface area contributed by atoms with E-state index in [4.69, 9.17) is 5.26 Å². The summed E-state index contributed by atoms with van der Waals surface area (Å²) in [6.45, 7) is 0. The van der Waals surface area contributed by atoms with Gasteiger partial charge >= 0.3 is 0 Å². The number of nitrogens with zero attached hydrogens (tertiary/aromatic N) is 1. The number of aliphatic hydroxyl groups is 1. The van der Waals surface area contributed by atoms with Gasteiger partial charge in [-0.25, -0.2) is 4.18 Å². The Morgan fingerprint density at radius 1 is 1.60 bits per heavy atom. The molecule has 0 bridgehead atoms. The molecule has 0 aliphatic heterocycles. The van der Waals surface area contributed by atoms with Crippen molar-refractivity contribution in [1.82, 2.24) is 0 Å². The third-order valence-corrected chi connectivity index (χ3v) is 2.49. The Kier molecular flexibility index (Phi) is 3.29. The van der Waals surface area contributed by atoms with E-state index in [0.29, 0.717) is 0 Å². The van der Waals surface area contributed by atoms with Gasteiger partial charge in [-0.1, -0.05) is 18.2 Å². The van der Waals surface area contributed by atoms with Gasteiger partial charge in [0.1, 0.15) is 0 Å². The van der Waals surface area contributed by atoms with Crippen molar-refractivity contribution in [3.8, 4) is 6.07 Å². The Morgan fingerprint density at radius 2 is 2.27 bits per heavy atom. The zero-order chi connectivity index (χ0) is 11.5. The molecular weight excluding hydrogens is 218 g/mol. The summed E-state index contributed by atoms with van der Waals surface area (Å²) in [7, 11) is -3.78. The first kappa shape index (κ1) is 11.9. The van der Waals surface area contributed by atoms with E-state index in [1.165, 1.54) is 18.2 Å². The molecule has 5 nitrogen and oxygen atoms in total. The lowest BCUT2D eigenvalue weighted by atomic mass is 9.92. The summed E-state index contributed by atoms with van der Waals surface area (Å²) >= 11 is 0. The van der Waals surface area contributed by atoms with Crippen LogP contribution in [0.4, 0.5) is 0 Å². The van der Waals surface area contributed by atoms with Gasteiger partial charge in [-0.15, -0.1) is 0 Å². The van der Waals surface area contributed by atoms with Crippen LogP contribution in [0.2, 0.25) is 0 Å². The molecule has 0 aromatic heterocycles. The highest BCUT2D eigenvalue weighted by atomic mass is 32.2. The molecule has 0 radical (unpaired) electrons. The molecule has 0 fully saturated rings. The smallest absolute Gasteiger partial charge is 0.267 e. The van der Waals surface area contributed by atoms with E-state index in [1.54, 1.807) is 6.08 Å². The molecule has 1 aliphatic carbocycles. The number of hydrogen-bond donors (Lipinski definition) is 1. The van der Waals surface area contributed by atoms with E-state index in [2.05, 4.69) is 4.18 Å². The van der Waals surface area contributed by atoms with Crippen LogP contribution in [0.5, 0.6) is 0 Å². The Labute approximate surface area is 88.4 Å². The summed E-state index contributed by atoms with van der Waals surface area (Å²) in [5, 5.41) is 18.4. The van der Waals surface area contributed by atoms with Gasteiger partial charge < -0.3 is 5.11 Å². The number of hydrogen-bond acceptors (Lipinski definition) is 5. The van der Waals surface area contributed by atoms with Crippen molar-refractivity contribution in [1.29, 1.82) is 5.26 Å². The summed E-state index contributed by atoms with van der Waals surface area (Å²) in [5.41, 5.74) is 0. The topological polar surface area (TPSA) is 87.4 Å². The largest absolute Gasteiger partial charge is 0.361 e. The quantitative estimate of drug-likeness (QED) is 0.555. The van der Waals surface area contributed by atoms with Gasteiger partial charge in [0.15, 0.2) is 0 Å². The molecule has 0 aromatic carbocycles. The van der Waals surface area contributed by atoms with Crippen LogP contribution in [0, 0.1) is 17.2 Å². The van der Waals surface area contributed by atoms with Crippen LogP contribution in [0.1, 0.15) is 6.42 Å². The van der Waals surface area contributed by atoms with Crippen LogP contribution in [0.25, 0.3) is 0 Å². The summed E-state index contributed by atoms with van der Waals surface area (Å²) in [4.78, 5) is 0. The van der Waals surface area contributed by atoms with E-state index in [9.17, 15) is 13.5 Å². The molecule has 0 heterocycles. The molecule has 0 spiro atoms. The van der Waals surface area contributed by atoms with Crippen LogP contribution in [-0.2, 0) is 14.3 Å². The Balaban J connectivity index is 2.94. The van der Waals surface area contributed by atoms with Gasteiger partial charge in [-0.05, 0) is 6.08 Å². The Bertz CT molecular complexity index is 432. The van der Waals surface area contributed by atoms with Crippen molar-refractivity contribution in [3.05, 3.63) is 24.3 Å². The predicted octanol–water partition coefficient (Wildman–Crippen LogP) is 0.307. The summed E-state index contributed by atoms with van der Waals surface area (Å²) in [5.74, 6) is -2.62. The van der Waals surface area contributed by atoms with Crippen molar-refractivity contribution in [2.75, 3.05) is 6.26 Å². The van der Waals surface area contributed by atoms with Gasteiger partial charge in [-0.2, -0.15) is 13.7 Å². The first-order valence-corrected chi connectivity index (χ1v) is 6.05. The second kappa shape index (κ2) is 4.14. The van der Waals surface area contributed by atoms with Crippen molar-refractivity contribution in [2.24, 2.45) is 5.92 Å². The molecule has 0 saturated carbocycles. The van der Waals surface area contributed by atoms with E-state index >= 15 is 0 Å². The van der Waals surface area contributed by atoms with Gasteiger partial charge in [0.05, 0.1) is 12.3 Å². The predicted molar refractivity (Wildman–Crippen MR) is 52.9 cm³/mol. The molecule has 1 rings (SSSR count). The molecule has 0 aromatic rings. The van der Waals surface area contributed by atoms with Crippen molar-refractivity contribution < 1.29 is 17.7 Å². The Hall–Kier alpha value is -1.16. The Morgan fingerprint density at radius 3 is 2.80 bits per heavy atom. The average Bonchev–Trinajstić information content (AvgIpc) is 2.06. The van der Waals surface area contributed by atoms with Crippen molar-refractivity contribution >= 4 is 10.1 Å². The molecule has 6 heteroatoms. The molecule has 0 amide bonds. The number of allylic oxidation sites excluding steroid dienone is 2. The van der Waals surface area contributed by atoms with Gasteiger partial charge in [0.25, 0.3) is 10.1 Å². The van der Waals surface area contributed by atoms with E-state index in [1.807, 2.05) is 6.07 Å². The van der Waals surface area contributed by atoms with Crippen LogP contribution in [0.15, 0.2) is 24.3 Å². The first-order valence-electron chi connectivity index (χ1n) is 4.23. The van der Waals surface area contributed by atoms with E-state index in [-0.39, 0.29) is 6.42 Å². The fourth-order valence-corrected chi connectivity index (χ4v) is 1.96. The second-order valence-corrected chi connectivity index (χ2v) is 4.83. The molecule has 15 heavy (non-hydrogen) atoms. The van der Waals surface area contributed by atoms with Gasteiger partial charge in [0.2, 0.25) is 5.79 Å². The third kappa shape index (κ3) is 3.16. The van der Waals surface area contributed by atoms with E-state index in [0.717, 1.165) is 6.26 Å². The van der Waals surface area contributed by atoms with Crippen molar-refractivity contribution in [2.45, 2.75) is 12.2 Å². The van der Waals surface area contributed by atoms with Gasteiger partial charge in [0, 0.05) is 12.3 Å². The fraction of sp³-hybridized carbons (Fsp3) is 0.444. The zero-order valence-corrected chi connectivity index (χ0v) is 8.94. The average molecular weight is 229 g/mol. The fourth-order valence-electron chi connectivity index (χ4n) is 1.30. The van der Waals surface area contributed by atoms with Crippen LogP contribution >= 0.6 is 0 Å². The van der Waals surface area contributed by atoms with Crippen LogP contribution in [0.3, 0.4) is 0 Å². The highest BCUT2D eigenvalue weighted by Crippen LogP contribution is 2.29. The minimum Gasteiger partial charge on any atom is -0.361 e. The molecular formula is C9H11NO4S. The highest BCUT2D eigenvalue weighted by Gasteiger charge is 2.38. The van der Waals surface area contributed by atoms with E-state index < -0.39 is 21.8 Å². The molecule has 1 N–H and O–H groups in total. The zero-order valence-electron chi connectivity index (χ0n) is 8.12. The molecule has 82 valence electrons. The molecule has 0 saturated heterocycles. The lowest BCUT2D eigenvalue weighted by Gasteiger charge is -2.30. The van der Waals surface area contributed by atoms with Crippen LogP contribution in [-0.4, -0.2) is 25.6 Å². The maximum absolute atomic E-state index is 10.9. The normalized spacial score (nSPS) is 30.1. The summed E-state index contributed by atoms with van der Waals surface area (Å²) in [6, 6.07) is 1.86. The van der Waals surface area contributed by atoms with Gasteiger partial charge in [-0.3, -0.25) is 0 Å². The highest BCUT2D eigenvalue weighted by molar-refractivity contribution is 7.86. The summed E-state index contributed by atoms with van der Waals surface area (Å²) < 4.78 is 26.4. The monoisotopic (exact) mass is 229 g/mol. The molecule has 1 aliphatic rings. The molecule has 2 atom stereocenters. The number of nitriles is 1. The maximum Gasteiger partial charge on any atom is 0.267 e. The second-order valence-electron chi connectivity index (χ2n) is 3.25. The third-order valence-electron chi connectivity index (χ3n) is 1.92. The lowest BCUT2D eigenvalue weighted by molar-refractivity contribution is -0.120. The first-order chi connectivity index (χ1) is 6.87. The minimum atomic E-state index is -3.78.